The lowest BCUT2D eigenvalue weighted by molar-refractivity contribution is -0.137. The standard InChI is InChI=1S/C26H20Cl2F3NO4/c1-15(25(33)20(13-32)17-5-3-4-16(10-17)14-34-2)35-24-12-19(7-8-21(24)27)36-23-9-6-18(11-22(23)28)26(29,30)31/h3-12,15,20H,14H2,1-2H3. The van der Waals surface area contributed by atoms with Crippen molar-refractivity contribution in [3.8, 4) is 23.3 Å². The lowest BCUT2D eigenvalue weighted by atomic mass is 9.92. The minimum absolute atomic E-state index is 0.0115. The number of ketones is 1. The summed E-state index contributed by atoms with van der Waals surface area (Å²) in [5.74, 6) is -1.33. The highest BCUT2D eigenvalue weighted by molar-refractivity contribution is 6.32. The Bertz CT molecular complexity index is 1290. The zero-order chi connectivity index (χ0) is 26.5. The normalized spacial score (nSPS) is 12.9. The second kappa shape index (κ2) is 11.7. The smallest absolute Gasteiger partial charge is 0.416 e. The summed E-state index contributed by atoms with van der Waals surface area (Å²) in [5, 5.41) is 9.58. The quantitative estimate of drug-likeness (QED) is 0.281. The van der Waals surface area contributed by atoms with E-state index in [0.29, 0.717) is 12.2 Å². The van der Waals surface area contributed by atoms with Crippen LogP contribution < -0.4 is 9.47 Å². The topological polar surface area (TPSA) is 68.5 Å². The van der Waals surface area contributed by atoms with Crippen LogP contribution in [0.25, 0.3) is 0 Å². The van der Waals surface area contributed by atoms with E-state index in [9.17, 15) is 23.2 Å². The maximum absolute atomic E-state index is 13.0. The van der Waals surface area contributed by atoms with Crippen LogP contribution in [0.3, 0.4) is 0 Å². The Labute approximate surface area is 215 Å². The average molecular weight is 538 g/mol. The molecule has 0 heterocycles. The van der Waals surface area contributed by atoms with Gasteiger partial charge in [-0.1, -0.05) is 47.5 Å². The Morgan fingerprint density at radius 2 is 1.78 bits per heavy atom. The van der Waals surface area contributed by atoms with E-state index in [1.807, 2.05) is 12.1 Å². The molecule has 0 radical (unpaired) electrons. The summed E-state index contributed by atoms with van der Waals surface area (Å²) in [6, 6.07) is 15.9. The van der Waals surface area contributed by atoms with Gasteiger partial charge in [0.25, 0.3) is 0 Å². The zero-order valence-electron chi connectivity index (χ0n) is 19.1. The van der Waals surface area contributed by atoms with E-state index >= 15 is 0 Å². The molecule has 0 aliphatic rings. The van der Waals surface area contributed by atoms with Crippen LogP contribution in [0.1, 0.15) is 29.5 Å². The van der Waals surface area contributed by atoms with Crippen molar-refractivity contribution in [3.63, 3.8) is 0 Å². The SMILES string of the molecule is COCc1cccc(C(C#N)C(=O)C(C)Oc2cc(Oc3ccc(C(F)(F)F)cc3Cl)ccc2Cl)c1. The van der Waals surface area contributed by atoms with Gasteiger partial charge in [-0.25, -0.2) is 0 Å². The first-order valence-corrected chi connectivity index (χ1v) is 11.3. The van der Waals surface area contributed by atoms with Gasteiger partial charge in [0.2, 0.25) is 0 Å². The first-order chi connectivity index (χ1) is 17.0. The molecule has 5 nitrogen and oxygen atoms in total. The number of ether oxygens (including phenoxy) is 3. The number of methoxy groups -OCH3 is 1. The number of carbonyl (C=O) groups excluding carboxylic acids is 1. The van der Waals surface area contributed by atoms with Crippen molar-refractivity contribution in [2.45, 2.75) is 31.7 Å². The maximum Gasteiger partial charge on any atom is 0.416 e. The van der Waals surface area contributed by atoms with Crippen LogP contribution in [0.2, 0.25) is 10.0 Å². The van der Waals surface area contributed by atoms with Crippen LogP contribution in [0.15, 0.2) is 60.7 Å². The number of nitriles is 1. The molecule has 0 bridgehead atoms. The van der Waals surface area contributed by atoms with E-state index < -0.39 is 29.5 Å². The van der Waals surface area contributed by atoms with Gasteiger partial charge in [0.05, 0.1) is 28.3 Å². The van der Waals surface area contributed by atoms with Crippen LogP contribution in [0.5, 0.6) is 17.2 Å². The molecule has 2 atom stereocenters. The van der Waals surface area contributed by atoms with Crippen LogP contribution in [0, 0.1) is 11.3 Å². The van der Waals surface area contributed by atoms with E-state index in [1.165, 1.54) is 25.1 Å². The molecule has 2 unspecified atom stereocenters. The molecule has 10 heteroatoms. The fraction of sp³-hybridized carbons (Fsp3) is 0.231. The first kappa shape index (κ1) is 27.3. The molecular weight excluding hydrogens is 518 g/mol. The molecule has 0 amide bonds. The van der Waals surface area contributed by atoms with Gasteiger partial charge in [0.15, 0.2) is 11.9 Å². The number of rotatable bonds is 9. The zero-order valence-corrected chi connectivity index (χ0v) is 20.6. The highest BCUT2D eigenvalue weighted by Crippen LogP contribution is 2.38. The van der Waals surface area contributed by atoms with Gasteiger partial charge in [0.1, 0.15) is 23.2 Å². The van der Waals surface area contributed by atoms with Crippen molar-refractivity contribution in [2.75, 3.05) is 7.11 Å². The Balaban J connectivity index is 1.78. The number of alkyl halides is 3. The number of halogens is 5. The third-order valence-electron chi connectivity index (χ3n) is 5.10. The third-order valence-corrected chi connectivity index (χ3v) is 5.71. The van der Waals surface area contributed by atoms with E-state index in [0.717, 1.165) is 23.8 Å². The van der Waals surface area contributed by atoms with E-state index in [2.05, 4.69) is 0 Å². The summed E-state index contributed by atoms with van der Waals surface area (Å²) in [5.41, 5.74) is 0.409. The van der Waals surface area contributed by atoms with Crippen molar-refractivity contribution in [1.82, 2.24) is 0 Å². The fourth-order valence-corrected chi connectivity index (χ4v) is 3.72. The number of hydrogen-bond acceptors (Lipinski definition) is 5. The lowest BCUT2D eigenvalue weighted by Crippen LogP contribution is -2.29. The predicted octanol–water partition coefficient (Wildman–Crippen LogP) is 7.59. The van der Waals surface area contributed by atoms with Crippen molar-refractivity contribution < 1.29 is 32.2 Å². The number of benzene rings is 3. The minimum Gasteiger partial charge on any atom is -0.481 e. The van der Waals surface area contributed by atoms with Gasteiger partial charge < -0.3 is 14.2 Å². The molecule has 36 heavy (non-hydrogen) atoms. The van der Waals surface area contributed by atoms with Crippen LogP contribution in [0.4, 0.5) is 13.2 Å². The Morgan fingerprint density at radius 1 is 1.03 bits per heavy atom. The number of nitrogens with zero attached hydrogens (tertiary/aromatic N) is 1. The van der Waals surface area contributed by atoms with Crippen molar-refractivity contribution in [3.05, 3.63) is 87.4 Å². The Kier molecular flexibility index (Phi) is 8.85. The summed E-state index contributed by atoms with van der Waals surface area (Å²) < 4.78 is 55.1. The van der Waals surface area contributed by atoms with Gasteiger partial charge in [-0.2, -0.15) is 18.4 Å². The number of hydrogen-bond donors (Lipinski definition) is 0. The highest BCUT2D eigenvalue weighted by Gasteiger charge is 2.31. The average Bonchev–Trinajstić information content (AvgIpc) is 2.82. The molecule has 0 aliphatic heterocycles. The van der Waals surface area contributed by atoms with Gasteiger partial charge in [-0.15, -0.1) is 0 Å². The summed E-state index contributed by atoms with van der Waals surface area (Å²) in [4.78, 5) is 13.0. The number of Topliss-reactive ketones (excluding diaryl/α,β-unsaturated/α-hetero) is 1. The van der Waals surface area contributed by atoms with Gasteiger partial charge >= 0.3 is 6.18 Å². The Hall–Kier alpha value is -3.25. The monoisotopic (exact) mass is 537 g/mol. The Morgan fingerprint density at radius 3 is 2.42 bits per heavy atom. The van der Waals surface area contributed by atoms with Gasteiger partial charge in [-0.3, -0.25) is 4.79 Å². The van der Waals surface area contributed by atoms with Crippen molar-refractivity contribution >= 4 is 29.0 Å². The molecule has 3 aromatic rings. The molecule has 0 N–H and O–H groups in total. The molecule has 188 valence electrons. The molecule has 0 saturated carbocycles. The second-order valence-corrected chi connectivity index (χ2v) is 8.55. The number of carbonyl (C=O) groups is 1. The van der Waals surface area contributed by atoms with Crippen LogP contribution in [-0.2, 0) is 22.3 Å². The van der Waals surface area contributed by atoms with Gasteiger partial charge in [-0.05, 0) is 48.4 Å². The van der Waals surface area contributed by atoms with Gasteiger partial charge in [0, 0.05) is 13.2 Å². The van der Waals surface area contributed by atoms with Crippen molar-refractivity contribution in [1.29, 1.82) is 5.26 Å². The van der Waals surface area contributed by atoms with E-state index in [4.69, 9.17) is 37.4 Å². The molecule has 0 saturated heterocycles. The molecule has 0 spiro atoms. The highest BCUT2D eigenvalue weighted by atomic mass is 35.5. The molecule has 0 fully saturated rings. The third kappa shape index (κ3) is 6.70. The molecular formula is C26H20Cl2F3NO4. The maximum atomic E-state index is 13.0. The molecule has 0 aromatic heterocycles. The van der Waals surface area contributed by atoms with Crippen molar-refractivity contribution in [2.24, 2.45) is 0 Å². The lowest BCUT2D eigenvalue weighted by Gasteiger charge is -2.19. The summed E-state index contributed by atoms with van der Waals surface area (Å²) in [7, 11) is 1.54. The van der Waals surface area contributed by atoms with Crippen LogP contribution >= 0.6 is 23.2 Å². The largest absolute Gasteiger partial charge is 0.481 e. The molecule has 3 rings (SSSR count). The summed E-state index contributed by atoms with van der Waals surface area (Å²) in [6.45, 7) is 1.82. The van der Waals surface area contributed by atoms with Crippen LogP contribution in [-0.4, -0.2) is 19.0 Å². The first-order valence-electron chi connectivity index (χ1n) is 10.6. The second-order valence-electron chi connectivity index (χ2n) is 7.74. The predicted molar refractivity (Wildman–Crippen MR) is 129 cm³/mol. The van der Waals surface area contributed by atoms with E-state index in [-0.39, 0.29) is 27.3 Å². The fourth-order valence-electron chi connectivity index (χ4n) is 3.34. The molecule has 3 aromatic carbocycles. The molecule has 0 aliphatic carbocycles. The van der Waals surface area contributed by atoms with E-state index in [1.54, 1.807) is 25.3 Å². The summed E-state index contributed by atoms with van der Waals surface area (Å²) >= 11 is 12.2. The summed E-state index contributed by atoms with van der Waals surface area (Å²) in [6.07, 6.45) is -5.60. The minimum atomic E-state index is -4.54.